The monoisotopic (exact) mass is 339 g/mol. The third kappa shape index (κ3) is 3.76. The number of rotatable bonds is 6. The maximum absolute atomic E-state index is 12.6. The quantitative estimate of drug-likeness (QED) is 0.732. The first kappa shape index (κ1) is 16.9. The number of benzene rings is 2. The average molecular weight is 339 g/mol. The van der Waals surface area contributed by atoms with Crippen molar-refractivity contribution in [1.82, 2.24) is 5.32 Å². The van der Waals surface area contributed by atoms with E-state index in [2.05, 4.69) is 5.32 Å². The first-order valence-electron chi connectivity index (χ1n) is 8.18. The second-order valence-corrected chi connectivity index (χ2v) is 5.96. The molecule has 5 heteroatoms. The summed E-state index contributed by atoms with van der Waals surface area (Å²) in [5.74, 6) is 0.982. The molecule has 3 rings (SSSR count). The van der Waals surface area contributed by atoms with Gasteiger partial charge in [0.05, 0.1) is 18.6 Å². The summed E-state index contributed by atoms with van der Waals surface area (Å²) >= 11 is 0. The van der Waals surface area contributed by atoms with Crippen LogP contribution in [-0.4, -0.2) is 19.1 Å². The Morgan fingerprint density at radius 1 is 1.16 bits per heavy atom. The van der Waals surface area contributed by atoms with E-state index in [0.717, 1.165) is 10.9 Å². The Kier molecular flexibility index (Phi) is 4.93. The molecule has 0 bridgehead atoms. The van der Waals surface area contributed by atoms with E-state index in [1.807, 2.05) is 50.2 Å². The molecule has 0 atom stereocenters. The predicted octanol–water partition coefficient (Wildman–Crippen LogP) is 4.16. The molecule has 1 heterocycles. The van der Waals surface area contributed by atoms with Crippen LogP contribution < -0.4 is 14.8 Å². The molecule has 0 spiro atoms. The molecule has 1 amide bonds. The van der Waals surface area contributed by atoms with Gasteiger partial charge in [0.25, 0.3) is 5.91 Å². The van der Waals surface area contributed by atoms with E-state index in [9.17, 15) is 4.79 Å². The number of furan rings is 1. The highest BCUT2D eigenvalue weighted by atomic mass is 16.5. The molecule has 130 valence electrons. The standard InChI is InChI=1S/C20H21NO4/c1-13(2)24-18-16-11-15(23-3)9-10-17(16)25-19(18)20(22)21-12-14-7-5-4-6-8-14/h4-11,13H,12H2,1-3H3,(H,21,22). The van der Waals surface area contributed by atoms with E-state index in [1.54, 1.807) is 19.2 Å². The van der Waals surface area contributed by atoms with Crippen LogP contribution in [0.25, 0.3) is 11.0 Å². The van der Waals surface area contributed by atoms with Gasteiger partial charge in [0.15, 0.2) is 5.75 Å². The van der Waals surface area contributed by atoms with Crippen molar-refractivity contribution in [3.05, 3.63) is 59.9 Å². The van der Waals surface area contributed by atoms with E-state index in [0.29, 0.717) is 23.6 Å². The van der Waals surface area contributed by atoms with E-state index >= 15 is 0 Å². The summed E-state index contributed by atoms with van der Waals surface area (Å²) in [5, 5.41) is 3.59. The molecule has 0 aliphatic rings. The zero-order valence-electron chi connectivity index (χ0n) is 14.5. The smallest absolute Gasteiger partial charge is 0.291 e. The van der Waals surface area contributed by atoms with Crippen LogP contribution in [0.5, 0.6) is 11.5 Å². The zero-order valence-corrected chi connectivity index (χ0v) is 14.5. The van der Waals surface area contributed by atoms with Crippen LogP contribution >= 0.6 is 0 Å². The van der Waals surface area contributed by atoms with Crippen molar-refractivity contribution in [2.45, 2.75) is 26.5 Å². The number of methoxy groups -OCH3 is 1. The normalized spacial score (nSPS) is 10.9. The van der Waals surface area contributed by atoms with Crippen molar-refractivity contribution in [1.29, 1.82) is 0 Å². The molecule has 0 aliphatic heterocycles. The Balaban J connectivity index is 1.92. The summed E-state index contributed by atoms with van der Waals surface area (Å²) in [4.78, 5) is 12.6. The van der Waals surface area contributed by atoms with Gasteiger partial charge in [0.2, 0.25) is 5.76 Å². The molecule has 3 aromatic rings. The summed E-state index contributed by atoms with van der Waals surface area (Å²) in [5.41, 5.74) is 1.60. The lowest BCUT2D eigenvalue weighted by atomic mass is 10.2. The minimum absolute atomic E-state index is 0.0901. The van der Waals surface area contributed by atoms with Crippen molar-refractivity contribution in [2.75, 3.05) is 7.11 Å². The van der Waals surface area contributed by atoms with Crippen molar-refractivity contribution in [3.63, 3.8) is 0 Å². The van der Waals surface area contributed by atoms with Crippen molar-refractivity contribution < 1.29 is 18.7 Å². The van der Waals surface area contributed by atoms with E-state index < -0.39 is 0 Å². The lowest BCUT2D eigenvalue weighted by Gasteiger charge is -2.10. The fraction of sp³-hybridized carbons (Fsp3) is 0.250. The van der Waals surface area contributed by atoms with Crippen molar-refractivity contribution >= 4 is 16.9 Å². The van der Waals surface area contributed by atoms with E-state index in [1.165, 1.54) is 0 Å². The van der Waals surface area contributed by atoms with E-state index in [4.69, 9.17) is 13.9 Å². The number of fused-ring (bicyclic) bond motifs is 1. The van der Waals surface area contributed by atoms with Crippen LogP contribution in [0.2, 0.25) is 0 Å². The Hall–Kier alpha value is -2.95. The number of carbonyl (C=O) groups excluding carboxylic acids is 1. The average Bonchev–Trinajstić information content (AvgIpc) is 2.97. The number of carbonyl (C=O) groups is 1. The first-order chi connectivity index (χ1) is 12.1. The highest BCUT2D eigenvalue weighted by Crippen LogP contribution is 2.36. The highest BCUT2D eigenvalue weighted by Gasteiger charge is 2.23. The summed E-state index contributed by atoms with van der Waals surface area (Å²) in [7, 11) is 1.59. The van der Waals surface area contributed by atoms with Crippen LogP contribution in [0.1, 0.15) is 30.0 Å². The minimum Gasteiger partial charge on any atom is -0.497 e. The Bertz CT molecular complexity index is 868. The second-order valence-electron chi connectivity index (χ2n) is 5.96. The van der Waals surface area contributed by atoms with Crippen LogP contribution in [-0.2, 0) is 6.54 Å². The van der Waals surface area contributed by atoms with Gasteiger partial charge in [-0.15, -0.1) is 0 Å². The molecule has 2 aromatic carbocycles. The van der Waals surface area contributed by atoms with Crippen LogP contribution in [0.4, 0.5) is 0 Å². The minimum atomic E-state index is -0.310. The maximum atomic E-state index is 12.6. The molecule has 0 saturated carbocycles. The largest absolute Gasteiger partial charge is 0.497 e. The van der Waals surface area contributed by atoms with Gasteiger partial charge in [-0.25, -0.2) is 0 Å². The van der Waals surface area contributed by atoms with Gasteiger partial charge in [-0.05, 0) is 37.6 Å². The summed E-state index contributed by atoms with van der Waals surface area (Å²) in [6.07, 6.45) is -0.0901. The molecule has 0 radical (unpaired) electrons. The SMILES string of the molecule is COc1ccc2oc(C(=O)NCc3ccccc3)c(OC(C)C)c2c1. The van der Waals surface area contributed by atoms with Crippen LogP contribution in [0.15, 0.2) is 52.9 Å². The lowest BCUT2D eigenvalue weighted by Crippen LogP contribution is -2.23. The summed E-state index contributed by atoms with van der Waals surface area (Å²) in [6, 6.07) is 15.1. The number of nitrogens with one attached hydrogen (secondary N) is 1. The fourth-order valence-corrected chi connectivity index (χ4v) is 2.54. The predicted molar refractivity (Wildman–Crippen MR) is 96.1 cm³/mol. The Morgan fingerprint density at radius 2 is 1.92 bits per heavy atom. The zero-order chi connectivity index (χ0) is 17.8. The molecule has 1 aromatic heterocycles. The molecule has 1 N–H and O–H groups in total. The third-order valence-corrected chi connectivity index (χ3v) is 3.71. The van der Waals surface area contributed by atoms with Gasteiger partial charge in [-0.1, -0.05) is 30.3 Å². The molecular weight excluding hydrogens is 318 g/mol. The molecule has 0 fully saturated rings. The number of hydrogen-bond donors (Lipinski definition) is 1. The summed E-state index contributed by atoms with van der Waals surface area (Å²) < 4.78 is 16.9. The third-order valence-electron chi connectivity index (χ3n) is 3.71. The topological polar surface area (TPSA) is 60.7 Å². The molecule has 0 saturated heterocycles. The molecule has 25 heavy (non-hydrogen) atoms. The summed E-state index contributed by atoms with van der Waals surface area (Å²) in [6.45, 7) is 4.23. The van der Waals surface area contributed by atoms with Crippen molar-refractivity contribution in [2.24, 2.45) is 0 Å². The molecular formula is C20H21NO4. The fourth-order valence-electron chi connectivity index (χ4n) is 2.54. The number of amides is 1. The second kappa shape index (κ2) is 7.30. The van der Waals surface area contributed by atoms with Gasteiger partial charge in [0, 0.05) is 6.54 Å². The number of ether oxygens (including phenoxy) is 2. The van der Waals surface area contributed by atoms with E-state index in [-0.39, 0.29) is 17.8 Å². The Morgan fingerprint density at radius 3 is 2.60 bits per heavy atom. The van der Waals surface area contributed by atoms with Gasteiger partial charge in [-0.2, -0.15) is 0 Å². The van der Waals surface area contributed by atoms with Crippen LogP contribution in [0, 0.1) is 0 Å². The maximum Gasteiger partial charge on any atom is 0.291 e. The molecule has 0 aliphatic carbocycles. The van der Waals surface area contributed by atoms with Gasteiger partial charge >= 0.3 is 0 Å². The van der Waals surface area contributed by atoms with Gasteiger partial charge in [-0.3, -0.25) is 4.79 Å². The van der Waals surface area contributed by atoms with Gasteiger partial charge in [0.1, 0.15) is 11.3 Å². The lowest BCUT2D eigenvalue weighted by molar-refractivity contribution is 0.0917. The first-order valence-corrected chi connectivity index (χ1v) is 8.18. The van der Waals surface area contributed by atoms with Crippen molar-refractivity contribution in [3.8, 4) is 11.5 Å². The Labute approximate surface area is 146 Å². The van der Waals surface area contributed by atoms with Gasteiger partial charge < -0.3 is 19.2 Å². The number of hydrogen-bond acceptors (Lipinski definition) is 4. The molecule has 5 nitrogen and oxygen atoms in total. The highest BCUT2D eigenvalue weighted by molar-refractivity contribution is 6.01. The van der Waals surface area contributed by atoms with Crippen LogP contribution in [0.3, 0.4) is 0 Å². The molecule has 0 unspecified atom stereocenters.